The smallest absolute Gasteiger partial charge is 0.0504 e. The fourth-order valence-corrected chi connectivity index (χ4v) is 1.29. The van der Waals surface area contributed by atoms with Crippen molar-refractivity contribution < 1.29 is 0 Å². The summed E-state index contributed by atoms with van der Waals surface area (Å²) in [5.41, 5.74) is 4.11. The molecule has 0 aliphatic heterocycles. The van der Waals surface area contributed by atoms with E-state index in [0.717, 1.165) is 0 Å². The molecule has 1 rings (SSSR count). The van der Waals surface area contributed by atoms with Gasteiger partial charge in [0.2, 0.25) is 0 Å². The highest BCUT2D eigenvalue weighted by atomic mass is 14.8. The summed E-state index contributed by atoms with van der Waals surface area (Å²) >= 11 is 0. The van der Waals surface area contributed by atoms with E-state index in [1.165, 1.54) is 29.7 Å². The van der Waals surface area contributed by atoms with E-state index in [4.69, 9.17) is 0 Å². The molecule has 1 fully saturated rings. The molecule has 13 heavy (non-hydrogen) atoms. The Morgan fingerprint density at radius 2 is 1.69 bits per heavy atom. The van der Waals surface area contributed by atoms with Crippen molar-refractivity contribution >= 4 is 5.71 Å². The highest BCUT2D eigenvalue weighted by Crippen LogP contribution is 2.25. The maximum atomic E-state index is 4.65. The molecule has 0 radical (unpaired) electrons. The monoisotopic (exact) mass is 179 g/mol. The van der Waals surface area contributed by atoms with Crippen LogP contribution in [-0.2, 0) is 0 Å². The Morgan fingerprint density at radius 3 is 2.08 bits per heavy atom. The standard InChI is InChI=1S/C12H21N/c1-8(2)9(3)10(4)11(5)13-12-6-7-12/h8,12H,6-7H2,1-5H3/b10-9+,13-11-. The summed E-state index contributed by atoms with van der Waals surface area (Å²) in [4.78, 5) is 4.65. The van der Waals surface area contributed by atoms with Crippen molar-refractivity contribution in [2.24, 2.45) is 10.9 Å². The van der Waals surface area contributed by atoms with Crippen molar-refractivity contribution in [2.45, 2.75) is 53.5 Å². The Balaban J connectivity index is 2.74. The third-order valence-corrected chi connectivity index (χ3v) is 2.92. The van der Waals surface area contributed by atoms with Gasteiger partial charge in [-0.1, -0.05) is 19.4 Å². The van der Waals surface area contributed by atoms with Crippen LogP contribution in [0.3, 0.4) is 0 Å². The van der Waals surface area contributed by atoms with Crippen LogP contribution < -0.4 is 0 Å². The number of nitrogens with zero attached hydrogens (tertiary/aromatic N) is 1. The first kappa shape index (κ1) is 10.5. The average molecular weight is 179 g/mol. The van der Waals surface area contributed by atoms with Gasteiger partial charge in [-0.15, -0.1) is 0 Å². The molecule has 0 bridgehead atoms. The first-order valence-corrected chi connectivity index (χ1v) is 5.24. The van der Waals surface area contributed by atoms with Crippen LogP contribution in [0.4, 0.5) is 0 Å². The summed E-state index contributed by atoms with van der Waals surface area (Å²) in [5, 5.41) is 0. The molecular formula is C12H21N. The van der Waals surface area contributed by atoms with Crippen LogP contribution >= 0.6 is 0 Å². The van der Waals surface area contributed by atoms with E-state index in [1.807, 2.05) is 0 Å². The van der Waals surface area contributed by atoms with Crippen LogP contribution in [-0.4, -0.2) is 11.8 Å². The number of hydrogen-bond donors (Lipinski definition) is 0. The van der Waals surface area contributed by atoms with Gasteiger partial charge in [0.15, 0.2) is 0 Å². The average Bonchev–Trinajstić information content (AvgIpc) is 2.85. The summed E-state index contributed by atoms with van der Waals surface area (Å²) in [6.45, 7) is 11.0. The number of aliphatic imine (C=N–C) groups is 1. The van der Waals surface area contributed by atoms with Gasteiger partial charge in [0, 0.05) is 5.71 Å². The van der Waals surface area contributed by atoms with Crippen LogP contribution in [0.1, 0.15) is 47.5 Å². The van der Waals surface area contributed by atoms with Gasteiger partial charge in [-0.3, -0.25) is 4.99 Å². The van der Waals surface area contributed by atoms with Gasteiger partial charge in [-0.25, -0.2) is 0 Å². The second-order valence-electron chi connectivity index (χ2n) is 4.41. The number of rotatable bonds is 3. The van der Waals surface area contributed by atoms with E-state index in [-0.39, 0.29) is 0 Å². The summed E-state index contributed by atoms with van der Waals surface area (Å²) in [6, 6.07) is 0.648. The lowest BCUT2D eigenvalue weighted by atomic mass is 9.97. The second kappa shape index (κ2) is 4.08. The highest BCUT2D eigenvalue weighted by molar-refractivity contribution is 5.98. The Hall–Kier alpha value is -0.590. The molecule has 0 aromatic heterocycles. The molecule has 74 valence electrons. The van der Waals surface area contributed by atoms with E-state index >= 15 is 0 Å². The van der Waals surface area contributed by atoms with Crippen LogP contribution in [0.5, 0.6) is 0 Å². The van der Waals surface area contributed by atoms with Crippen LogP contribution in [0.2, 0.25) is 0 Å². The Morgan fingerprint density at radius 1 is 1.15 bits per heavy atom. The minimum absolute atomic E-state index is 0.643. The Labute approximate surface area is 82.0 Å². The number of hydrogen-bond acceptors (Lipinski definition) is 1. The van der Waals surface area contributed by atoms with Crippen molar-refractivity contribution in [3.8, 4) is 0 Å². The minimum Gasteiger partial charge on any atom is -0.286 e. The Kier molecular flexibility index (Phi) is 3.29. The largest absolute Gasteiger partial charge is 0.286 e. The molecular weight excluding hydrogens is 158 g/mol. The zero-order chi connectivity index (χ0) is 10.0. The van der Waals surface area contributed by atoms with Crippen molar-refractivity contribution in [3.63, 3.8) is 0 Å². The molecule has 0 spiro atoms. The SMILES string of the molecule is CC(=N/C1CC1)/C(C)=C(\C)C(C)C. The predicted octanol–water partition coefficient (Wildman–Crippen LogP) is 3.60. The third kappa shape index (κ3) is 2.98. The van der Waals surface area contributed by atoms with Gasteiger partial charge in [0.1, 0.15) is 0 Å². The predicted molar refractivity (Wildman–Crippen MR) is 59.3 cm³/mol. The lowest BCUT2D eigenvalue weighted by Crippen LogP contribution is -2.02. The summed E-state index contributed by atoms with van der Waals surface area (Å²) in [5.74, 6) is 0.643. The molecule has 1 nitrogen and oxygen atoms in total. The Bertz CT molecular complexity index is 242. The second-order valence-corrected chi connectivity index (χ2v) is 4.41. The fourth-order valence-electron chi connectivity index (χ4n) is 1.29. The van der Waals surface area contributed by atoms with Gasteiger partial charge in [-0.05, 0) is 45.1 Å². The van der Waals surface area contributed by atoms with Gasteiger partial charge in [0.05, 0.1) is 6.04 Å². The molecule has 0 atom stereocenters. The zero-order valence-corrected chi connectivity index (χ0v) is 9.52. The van der Waals surface area contributed by atoms with E-state index in [9.17, 15) is 0 Å². The zero-order valence-electron chi connectivity index (χ0n) is 9.52. The highest BCUT2D eigenvalue weighted by Gasteiger charge is 2.20. The van der Waals surface area contributed by atoms with Gasteiger partial charge in [-0.2, -0.15) is 0 Å². The lowest BCUT2D eigenvalue weighted by molar-refractivity contribution is 0.762. The van der Waals surface area contributed by atoms with Crippen molar-refractivity contribution in [1.29, 1.82) is 0 Å². The van der Waals surface area contributed by atoms with E-state index < -0.39 is 0 Å². The molecule has 0 heterocycles. The molecule has 1 aliphatic carbocycles. The topological polar surface area (TPSA) is 12.4 Å². The fraction of sp³-hybridized carbons (Fsp3) is 0.750. The van der Waals surface area contributed by atoms with E-state index in [1.54, 1.807) is 0 Å². The molecule has 0 N–H and O–H groups in total. The summed E-state index contributed by atoms with van der Waals surface area (Å²) in [7, 11) is 0. The molecule has 0 amide bonds. The third-order valence-electron chi connectivity index (χ3n) is 2.92. The molecule has 1 aliphatic rings. The normalized spacial score (nSPS) is 20.6. The minimum atomic E-state index is 0.643. The van der Waals surface area contributed by atoms with Gasteiger partial charge < -0.3 is 0 Å². The molecule has 1 saturated carbocycles. The van der Waals surface area contributed by atoms with Gasteiger partial charge >= 0.3 is 0 Å². The van der Waals surface area contributed by atoms with Crippen molar-refractivity contribution in [1.82, 2.24) is 0 Å². The first-order valence-electron chi connectivity index (χ1n) is 5.24. The molecule has 0 saturated heterocycles. The first-order chi connectivity index (χ1) is 6.02. The number of allylic oxidation sites excluding steroid dienone is 2. The van der Waals surface area contributed by atoms with Crippen LogP contribution in [0.25, 0.3) is 0 Å². The summed E-state index contributed by atoms with van der Waals surface area (Å²) in [6.07, 6.45) is 2.59. The molecule has 1 heteroatoms. The van der Waals surface area contributed by atoms with Gasteiger partial charge in [0.25, 0.3) is 0 Å². The maximum Gasteiger partial charge on any atom is 0.0504 e. The quantitative estimate of drug-likeness (QED) is 0.587. The molecule has 0 unspecified atom stereocenters. The maximum absolute atomic E-state index is 4.65. The molecule has 0 aromatic carbocycles. The lowest BCUT2D eigenvalue weighted by Gasteiger charge is -2.10. The molecule has 0 aromatic rings. The van der Waals surface area contributed by atoms with E-state index in [2.05, 4.69) is 39.6 Å². The van der Waals surface area contributed by atoms with Crippen molar-refractivity contribution in [3.05, 3.63) is 11.1 Å². The van der Waals surface area contributed by atoms with Crippen molar-refractivity contribution in [2.75, 3.05) is 0 Å². The van der Waals surface area contributed by atoms with Crippen LogP contribution in [0.15, 0.2) is 16.1 Å². The van der Waals surface area contributed by atoms with Crippen LogP contribution in [0, 0.1) is 5.92 Å². The summed E-state index contributed by atoms with van der Waals surface area (Å²) < 4.78 is 0. The van der Waals surface area contributed by atoms with E-state index in [0.29, 0.717) is 12.0 Å².